The van der Waals surface area contributed by atoms with Gasteiger partial charge in [0, 0.05) is 37.7 Å². The lowest BCUT2D eigenvalue weighted by Crippen LogP contribution is -2.58. The summed E-state index contributed by atoms with van der Waals surface area (Å²) < 4.78 is 11.2. The second-order valence-corrected chi connectivity index (χ2v) is 7.98. The zero-order valence-electron chi connectivity index (χ0n) is 15.4. The summed E-state index contributed by atoms with van der Waals surface area (Å²) in [5.74, 6) is 0.971. The predicted molar refractivity (Wildman–Crippen MR) is 99.6 cm³/mol. The van der Waals surface area contributed by atoms with Gasteiger partial charge in [-0.1, -0.05) is 11.6 Å². The van der Waals surface area contributed by atoms with Crippen molar-refractivity contribution in [2.75, 3.05) is 25.2 Å². The molecule has 0 aliphatic carbocycles. The Balaban J connectivity index is 1.50. The van der Waals surface area contributed by atoms with E-state index in [1.165, 1.54) is 0 Å². The Labute approximate surface area is 163 Å². The third-order valence-electron chi connectivity index (χ3n) is 5.87. The zero-order chi connectivity index (χ0) is 19.0. The van der Waals surface area contributed by atoms with Gasteiger partial charge in [-0.3, -0.25) is 0 Å². The van der Waals surface area contributed by atoms with Crippen molar-refractivity contribution in [1.82, 2.24) is 14.9 Å². The number of anilines is 1. The summed E-state index contributed by atoms with van der Waals surface area (Å²) in [7, 11) is 1.95. The lowest BCUT2D eigenvalue weighted by molar-refractivity contribution is 0.0351. The third kappa shape index (κ3) is 3.91. The van der Waals surface area contributed by atoms with Crippen LogP contribution >= 0.6 is 11.6 Å². The maximum absolute atomic E-state index is 11.6. The van der Waals surface area contributed by atoms with Gasteiger partial charge in [-0.15, -0.1) is 0 Å². The van der Waals surface area contributed by atoms with Crippen molar-refractivity contribution in [3.8, 4) is 5.88 Å². The van der Waals surface area contributed by atoms with Crippen LogP contribution in [0.4, 0.5) is 10.7 Å². The molecule has 2 bridgehead atoms. The van der Waals surface area contributed by atoms with Gasteiger partial charge in [-0.2, -0.15) is 4.98 Å². The highest BCUT2D eigenvalue weighted by Gasteiger charge is 2.42. The minimum atomic E-state index is -0.806. The SMILES string of the molecule is CN(c1nc(Cl)cc(O[C@H]2CCOC2)n1)C1C[C@H]2CCC[C@@H](C1)N2C(=O)O. The summed E-state index contributed by atoms with van der Waals surface area (Å²) in [6.07, 6.45) is 4.50. The smallest absolute Gasteiger partial charge is 0.407 e. The van der Waals surface area contributed by atoms with Gasteiger partial charge in [0.1, 0.15) is 11.3 Å². The van der Waals surface area contributed by atoms with Gasteiger partial charge in [0.05, 0.1) is 13.2 Å². The topological polar surface area (TPSA) is 88.0 Å². The normalized spacial score (nSPS) is 30.2. The van der Waals surface area contributed by atoms with E-state index >= 15 is 0 Å². The lowest BCUT2D eigenvalue weighted by atomic mass is 9.81. The number of amides is 1. The molecule has 8 nitrogen and oxygen atoms in total. The largest absolute Gasteiger partial charge is 0.472 e. The van der Waals surface area contributed by atoms with Crippen LogP contribution in [0.15, 0.2) is 6.07 Å². The first kappa shape index (κ1) is 18.6. The average molecular weight is 397 g/mol. The Kier molecular flexibility index (Phi) is 5.27. The van der Waals surface area contributed by atoms with E-state index in [9.17, 15) is 9.90 Å². The van der Waals surface area contributed by atoms with E-state index in [4.69, 9.17) is 21.1 Å². The molecule has 0 spiro atoms. The number of fused-ring (bicyclic) bond motifs is 2. The minimum Gasteiger partial charge on any atom is -0.472 e. The van der Waals surface area contributed by atoms with Crippen molar-refractivity contribution in [1.29, 1.82) is 0 Å². The molecule has 1 amide bonds. The average Bonchev–Trinajstić information content (AvgIpc) is 3.12. The van der Waals surface area contributed by atoms with E-state index in [1.54, 1.807) is 11.0 Å². The van der Waals surface area contributed by atoms with E-state index in [1.807, 2.05) is 11.9 Å². The fourth-order valence-corrected chi connectivity index (χ4v) is 4.69. The van der Waals surface area contributed by atoms with Crippen LogP contribution in [0.1, 0.15) is 38.5 Å². The van der Waals surface area contributed by atoms with Crippen LogP contribution in [0.25, 0.3) is 0 Å². The Morgan fingerprint density at radius 1 is 1.33 bits per heavy atom. The van der Waals surface area contributed by atoms with E-state index in [-0.39, 0.29) is 24.2 Å². The molecule has 0 radical (unpaired) electrons. The molecule has 4 atom stereocenters. The standard InChI is InChI=1S/C18H25ClN4O4/c1-22(13-7-11-3-2-4-12(8-13)23(11)18(24)25)17-20-15(19)9-16(21-17)27-14-5-6-26-10-14/h9,11-14H,2-8,10H2,1H3,(H,24,25)/t11-,12+,13?,14-/m0/s1. The summed E-state index contributed by atoms with van der Waals surface area (Å²) in [5.41, 5.74) is 0. The highest BCUT2D eigenvalue weighted by molar-refractivity contribution is 6.29. The van der Waals surface area contributed by atoms with Crippen LogP contribution < -0.4 is 9.64 Å². The van der Waals surface area contributed by atoms with Gasteiger partial charge in [0.2, 0.25) is 11.8 Å². The number of carbonyl (C=O) groups is 1. The number of aromatic nitrogens is 2. The molecule has 4 rings (SSSR count). The number of nitrogens with zero attached hydrogens (tertiary/aromatic N) is 4. The summed E-state index contributed by atoms with van der Waals surface area (Å²) in [4.78, 5) is 24.2. The molecule has 9 heteroatoms. The van der Waals surface area contributed by atoms with E-state index in [0.717, 1.165) is 38.5 Å². The van der Waals surface area contributed by atoms with Crippen molar-refractivity contribution >= 4 is 23.6 Å². The summed E-state index contributed by atoms with van der Waals surface area (Å²) in [6, 6.07) is 1.93. The number of ether oxygens (including phenoxy) is 2. The van der Waals surface area contributed by atoms with Crippen molar-refractivity contribution < 1.29 is 19.4 Å². The Morgan fingerprint density at radius 3 is 2.70 bits per heavy atom. The molecule has 1 unspecified atom stereocenters. The first-order chi connectivity index (χ1) is 13.0. The van der Waals surface area contributed by atoms with Crippen LogP contribution in [0.5, 0.6) is 5.88 Å². The van der Waals surface area contributed by atoms with Crippen molar-refractivity contribution in [2.45, 2.75) is 62.8 Å². The minimum absolute atomic E-state index is 0.00714. The maximum atomic E-state index is 11.6. The molecule has 3 aliphatic rings. The fourth-order valence-electron chi connectivity index (χ4n) is 4.52. The number of carboxylic acid groups (broad SMARTS) is 1. The van der Waals surface area contributed by atoms with Crippen LogP contribution in [-0.4, -0.2) is 70.6 Å². The highest BCUT2D eigenvalue weighted by Crippen LogP contribution is 2.36. The van der Waals surface area contributed by atoms with E-state index in [0.29, 0.717) is 30.2 Å². The first-order valence-corrected chi connectivity index (χ1v) is 9.92. The number of piperidine rings is 2. The van der Waals surface area contributed by atoms with Crippen LogP contribution in [0.3, 0.4) is 0 Å². The van der Waals surface area contributed by atoms with Gasteiger partial charge >= 0.3 is 6.09 Å². The highest BCUT2D eigenvalue weighted by atomic mass is 35.5. The van der Waals surface area contributed by atoms with Crippen molar-refractivity contribution in [3.05, 3.63) is 11.2 Å². The molecule has 3 aliphatic heterocycles. The Morgan fingerprint density at radius 2 is 2.07 bits per heavy atom. The summed E-state index contributed by atoms with van der Waals surface area (Å²) >= 11 is 6.20. The summed E-state index contributed by atoms with van der Waals surface area (Å²) in [6.45, 7) is 1.25. The molecule has 3 fully saturated rings. The van der Waals surface area contributed by atoms with Gasteiger partial charge in [0.15, 0.2) is 0 Å². The molecular weight excluding hydrogens is 372 g/mol. The number of hydrogen-bond donors (Lipinski definition) is 1. The first-order valence-electron chi connectivity index (χ1n) is 9.54. The van der Waals surface area contributed by atoms with Gasteiger partial charge in [0.25, 0.3) is 0 Å². The maximum Gasteiger partial charge on any atom is 0.407 e. The van der Waals surface area contributed by atoms with Crippen LogP contribution in [-0.2, 0) is 4.74 Å². The lowest BCUT2D eigenvalue weighted by Gasteiger charge is -2.49. The quantitative estimate of drug-likeness (QED) is 0.783. The van der Waals surface area contributed by atoms with Crippen LogP contribution in [0.2, 0.25) is 5.15 Å². The van der Waals surface area contributed by atoms with Crippen LogP contribution in [0, 0.1) is 0 Å². The number of rotatable bonds is 4. The molecule has 0 aromatic carbocycles. The van der Waals surface area contributed by atoms with Crippen molar-refractivity contribution in [2.24, 2.45) is 0 Å². The van der Waals surface area contributed by atoms with Gasteiger partial charge in [-0.25, -0.2) is 9.78 Å². The molecule has 0 saturated carbocycles. The molecule has 4 heterocycles. The molecular formula is C18H25ClN4O4. The third-order valence-corrected chi connectivity index (χ3v) is 6.06. The van der Waals surface area contributed by atoms with E-state index in [2.05, 4.69) is 9.97 Å². The van der Waals surface area contributed by atoms with E-state index < -0.39 is 6.09 Å². The Hall–Kier alpha value is -1.80. The summed E-state index contributed by atoms with van der Waals surface area (Å²) in [5, 5.41) is 9.87. The number of halogens is 1. The van der Waals surface area contributed by atoms with Crippen molar-refractivity contribution in [3.63, 3.8) is 0 Å². The molecule has 1 aromatic heterocycles. The molecule has 3 saturated heterocycles. The Bertz CT molecular complexity index is 686. The van der Waals surface area contributed by atoms with Gasteiger partial charge < -0.3 is 24.4 Å². The second kappa shape index (κ2) is 7.67. The number of hydrogen-bond acceptors (Lipinski definition) is 6. The molecule has 27 heavy (non-hydrogen) atoms. The monoisotopic (exact) mass is 396 g/mol. The fraction of sp³-hybridized carbons (Fsp3) is 0.722. The second-order valence-electron chi connectivity index (χ2n) is 7.60. The predicted octanol–water partition coefficient (Wildman–Crippen LogP) is 2.80. The van der Waals surface area contributed by atoms with Gasteiger partial charge in [-0.05, 0) is 32.1 Å². The molecule has 1 N–H and O–H groups in total. The molecule has 1 aromatic rings. The molecule has 148 valence electrons. The zero-order valence-corrected chi connectivity index (χ0v) is 16.1.